The van der Waals surface area contributed by atoms with E-state index in [1.54, 1.807) is 12.1 Å². The minimum atomic E-state index is -3.50. The number of rotatable bonds is 5. The zero-order chi connectivity index (χ0) is 19.4. The number of aromatic nitrogens is 1. The lowest BCUT2D eigenvalue weighted by molar-refractivity contribution is -0.129. The lowest BCUT2D eigenvalue weighted by atomic mass is 9.99. The number of hydrogen-bond donors (Lipinski definition) is 0. The predicted molar refractivity (Wildman–Crippen MR) is 106 cm³/mol. The van der Waals surface area contributed by atoms with Crippen LogP contribution in [0.3, 0.4) is 0 Å². The Bertz CT molecular complexity index is 738. The number of sulfonamides is 1. The molecule has 1 aromatic heterocycles. The van der Waals surface area contributed by atoms with Crippen molar-refractivity contribution in [2.75, 3.05) is 52.1 Å². The Labute approximate surface area is 166 Å². The molecule has 3 rings (SSSR count). The zero-order valence-electron chi connectivity index (χ0n) is 16.0. The van der Waals surface area contributed by atoms with Gasteiger partial charge in [0.1, 0.15) is 4.90 Å². The van der Waals surface area contributed by atoms with Crippen LogP contribution in [-0.4, -0.2) is 85.5 Å². The highest BCUT2D eigenvalue weighted by molar-refractivity contribution is 7.99. The van der Waals surface area contributed by atoms with Gasteiger partial charge in [0.25, 0.3) is 0 Å². The second-order valence-electron chi connectivity index (χ2n) is 7.39. The van der Waals surface area contributed by atoms with Crippen molar-refractivity contribution in [1.82, 2.24) is 19.1 Å². The molecule has 0 bridgehead atoms. The average molecular weight is 413 g/mol. The summed E-state index contributed by atoms with van der Waals surface area (Å²) in [6, 6.07) is 3.29. The molecule has 0 N–H and O–H groups in total. The van der Waals surface area contributed by atoms with Gasteiger partial charge in [-0.15, -0.1) is 0 Å². The van der Waals surface area contributed by atoms with Gasteiger partial charge in [0.2, 0.25) is 15.9 Å². The van der Waals surface area contributed by atoms with Gasteiger partial charge in [0, 0.05) is 45.5 Å². The molecule has 0 unspecified atom stereocenters. The summed E-state index contributed by atoms with van der Waals surface area (Å²) < 4.78 is 26.9. The topological polar surface area (TPSA) is 73.8 Å². The molecule has 0 saturated carbocycles. The molecule has 27 heavy (non-hydrogen) atoms. The maximum Gasteiger partial charge on any atom is 0.244 e. The minimum Gasteiger partial charge on any atom is -0.342 e. The van der Waals surface area contributed by atoms with Crippen LogP contribution in [0.25, 0.3) is 0 Å². The van der Waals surface area contributed by atoms with Crippen molar-refractivity contribution in [3.05, 3.63) is 18.3 Å². The van der Waals surface area contributed by atoms with Crippen LogP contribution in [0.5, 0.6) is 0 Å². The smallest absolute Gasteiger partial charge is 0.244 e. The summed E-state index contributed by atoms with van der Waals surface area (Å²) in [6.07, 6.45) is 3.53. The quantitative estimate of drug-likeness (QED) is 0.680. The molecule has 0 radical (unpaired) electrons. The number of likely N-dealkylation sites (N-methyl/N-ethyl adjacent to an activating group) is 1. The lowest BCUT2D eigenvalue weighted by Gasteiger charge is -2.31. The van der Waals surface area contributed by atoms with E-state index in [0.29, 0.717) is 29.8 Å². The van der Waals surface area contributed by atoms with Crippen LogP contribution in [0.4, 0.5) is 0 Å². The van der Waals surface area contributed by atoms with Crippen molar-refractivity contribution < 1.29 is 13.2 Å². The Hall–Kier alpha value is -1.16. The summed E-state index contributed by atoms with van der Waals surface area (Å²) >= 11 is 1.36. The number of piperazine rings is 1. The number of amides is 1. The van der Waals surface area contributed by atoms with E-state index in [1.807, 2.05) is 11.9 Å². The largest absolute Gasteiger partial charge is 0.342 e. The number of hydrogen-bond acceptors (Lipinski definition) is 6. The first kappa shape index (κ1) is 20.6. The monoisotopic (exact) mass is 412 g/mol. The third-order valence-electron chi connectivity index (χ3n) is 5.29. The lowest BCUT2D eigenvalue weighted by Crippen LogP contribution is -2.47. The molecule has 2 aliphatic heterocycles. The van der Waals surface area contributed by atoms with Crippen LogP contribution in [0.1, 0.15) is 19.8 Å². The molecule has 0 aliphatic carbocycles. The average Bonchev–Trinajstić information content (AvgIpc) is 2.67. The molecule has 2 aliphatic rings. The van der Waals surface area contributed by atoms with Crippen LogP contribution in [0, 0.1) is 5.92 Å². The van der Waals surface area contributed by atoms with E-state index in [2.05, 4.69) is 16.8 Å². The number of carbonyl (C=O) groups is 1. The molecular formula is C18H28N4O3S2. The summed E-state index contributed by atoms with van der Waals surface area (Å²) in [5.74, 6) is 1.16. The van der Waals surface area contributed by atoms with Gasteiger partial charge in [-0.1, -0.05) is 18.7 Å². The Morgan fingerprint density at radius 2 is 1.81 bits per heavy atom. The highest BCUT2D eigenvalue weighted by Crippen LogP contribution is 2.22. The molecule has 9 heteroatoms. The fraction of sp³-hybridized carbons (Fsp3) is 0.667. The summed E-state index contributed by atoms with van der Waals surface area (Å²) in [7, 11) is -1.51. The van der Waals surface area contributed by atoms with Crippen LogP contribution in [-0.2, 0) is 14.8 Å². The number of likely N-dealkylation sites (tertiary alicyclic amines) is 1. The molecule has 2 fully saturated rings. The second kappa shape index (κ2) is 8.89. The van der Waals surface area contributed by atoms with Gasteiger partial charge in [0.05, 0.1) is 10.8 Å². The summed E-state index contributed by atoms with van der Waals surface area (Å²) in [4.78, 5) is 20.8. The van der Waals surface area contributed by atoms with Crippen LogP contribution < -0.4 is 0 Å². The van der Waals surface area contributed by atoms with E-state index in [4.69, 9.17) is 0 Å². The highest BCUT2D eigenvalue weighted by Gasteiger charge is 2.27. The maximum absolute atomic E-state index is 12.7. The highest BCUT2D eigenvalue weighted by atomic mass is 32.2. The van der Waals surface area contributed by atoms with Gasteiger partial charge in [-0.05, 0) is 37.9 Å². The molecule has 1 amide bonds. The van der Waals surface area contributed by atoms with Crippen LogP contribution >= 0.6 is 11.8 Å². The van der Waals surface area contributed by atoms with Crippen molar-refractivity contribution >= 4 is 27.7 Å². The normalized spacial score (nSPS) is 20.7. The molecular weight excluding hydrogens is 384 g/mol. The number of thioether (sulfide) groups is 1. The number of pyridine rings is 1. The van der Waals surface area contributed by atoms with E-state index in [-0.39, 0.29) is 10.8 Å². The molecule has 1 aromatic rings. The van der Waals surface area contributed by atoms with E-state index in [9.17, 15) is 13.2 Å². The van der Waals surface area contributed by atoms with Crippen molar-refractivity contribution in [3.8, 4) is 0 Å². The van der Waals surface area contributed by atoms with Crippen molar-refractivity contribution in [3.63, 3.8) is 0 Å². The molecule has 7 nitrogen and oxygen atoms in total. The number of piperidine rings is 1. The molecule has 2 saturated heterocycles. The van der Waals surface area contributed by atoms with E-state index in [1.165, 1.54) is 22.3 Å². The second-order valence-corrected chi connectivity index (χ2v) is 10.3. The Morgan fingerprint density at radius 1 is 1.15 bits per heavy atom. The van der Waals surface area contributed by atoms with Gasteiger partial charge in [0.15, 0.2) is 0 Å². The van der Waals surface area contributed by atoms with Gasteiger partial charge in [-0.3, -0.25) is 4.79 Å². The van der Waals surface area contributed by atoms with E-state index < -0.39 is 10.0 Å². The summed E-state index contributed by atoms with van der Waals surface area (Å²) in [6.45, 7) is 6.34. The predicted octanol–water partition coefficient (Wildman–Crippen LogP) is 1.37. The van der Waals surface area contributed by atoms with E-state index >= 15 is 0 Å². The summed E-state index contributed by atoms with van der Waals surface area (Å²) in [5, 5.41) is 0.672. The third kappa shape index (κ3) is 5.22. The summed E-state index contributed by atoms with van der Waals surface area (Å²) in [5.41, 5.74) is 0. The van der Waals surface area contributed by atoms with Gasteiger partial charge in [-0.25, -0.2) is 13.4 Å². The zero-order valence-corrected chi connectivity index (χ0v) is 17.6. The van der Waals surface area contributed by atoms with Crippen molar-refractivity contribution in [2.45, 2.75) is 29.7 Å². The Morgan fingerprint density at radius 3 is 2.41 bits per heavy atom. The first-order chi connectivity index (χ1) is 12.9. The van der Waals surface area contributed by atoms with E-state index in [0.717, 1.165) is 39.0 Å². The molecule has 0 atom stereocenters. The molecule has 3 heterocycles. The van der Waals surface area contributed by atoms with Crippen molar-refractivity contribution in [1.29, 1.82) is 0 Å². The van der Waals surface area contributed by atoms with Crippen LogP contribution in [0.15, 0.2) is 28.3 Å². The fourth-order valence-corrected chi connectivity index (χ4v) is 5.38. The van der Waals surface area contributed by atoms with Gasteiger partial charge in [-0.2, -0.15) is 4.31 Å². The van der Waals surface area contributed by atoms with Crippen molar-refractivity contribution in [2.24, 2.45) is 5.92 Å². The molecule has 0 aromatic carbocycles. The fourth-order valence-electron chi connectivity index (χ4n) is 3.27. The van der Waals surface area contributed by atoms with Gasteiger partial charge >= 0.3 is 0 Å². The Balaban J connectivity index is 1.54. The SMILES string of the molecule is CC1CCN(C(=O)CSc2ccc(S(=O)(=O)N3CCN(C)CC3)cn2)CC1. The third-order valence-corrected chi connectivity index (χ3v) is 8.10. The molecule has 150 valence electrons. The van der Waals surface area contributed by atoms with Crippen LogP contribution in [0.2, 0.25) is 0 Å². The number of carbonyl (C=O) groups excluding carboxylic acids is 1. The first-order valence-corrected chi connectivity index (χ1v) is 11.8. The number of nitrogens with zero attached hydrogens (tertiary/aromatic N) is 4. The minimum absolute atomic E-state index is 0.128. The Kier molecular flexibility index (Phi) is 6.78. The first-order valence-electron chi connectivity index (χ1n) is 9.41. The standard InChI is InChI=1S/C18H28N4O3S2/c1-15-5-7-21(8-6-15)18(23)14-26-17-4-3-16(13-19-17)27(24,25)22-11-9-20(2)10-12-22/h3-4,13,15H,5-12,14H2,1-2H3. The van der Waals surface area contributed by atoms with Gasteiger partial charge < -0.3 is 9.80 Å². The molecule has 0 spiro atoms. The maximum atomic E-state index is 12.7.